The highest BCUT2D eigenvalue weighted by molar-refractivity contribution is 5.99. The number of nitrogens with zero attached hydrogens (tertiary/aromatic N) is 2. The largest absolute Gasteiger partial charge is 0.497 e. The molecule has 6 nitrogen and oxygen atoms in total. The normalized spacial score (nSPS) is 11.2. The van der Waals surface area contributed by atoms with Crippen LogP contribution in [0.2, 0.25) is 0 Å². The molecule has 6 heteroatoms. The summed E-state index contributed by atoms with van der Waals surface area (Å²) >= 11 is 0. The van der Waals surface area contributed by atoms with Crippen molar-refractivity contribution in [1.82, 2.24) is 14.9 Å². The fourth-order valence-corrected chi connectivity index (χ4v) is 3.26. The molecule has 27 heavy (non-hydrogen) atoms. The summed E-state index contributed by atoms with van der Waals surface area (Å²) < 4.78 is 13.1. The summed E-state index contributed by atoms with van der Waals surface area (Å²) in [7, 11) is 1.62. The molecular formula is C21H21N3O3. The van der Waals surface area contributed by atoms with Crippen LogP contribution in [0.25, 0.3) is 22.0 Å². The predicted octanol–water partition coefficient (Wildman–Crippen LogP) is 3.92. The fraction of sp³-hybridized carbons (Fsp3) is 0.238. The minimum absolute atomic E-state index is 0.196. The monoisotopic (exact) mass is 363 g/mol. The Morgan fingerprint density at radius 2 is 2.11 bits per heavy atom. The third-order valence-corrected chi connectivity index (χ3v) is 4.74. The number of ether oxygens (including phenoxy) is 1. The summed E-state index contributed by atoms with van der Waals surface area (Å²) in [5, 5.41) is 3.84. The summed E-state index contributed by atoms with van der Waals surface area (Å²) in [5.74, 6) is 0.899. The molecule has 0 radical (unpaired) electrons. The topological polar surface area (TPSA) is 69.3 Å². The van der Waals surface area contributed by atoms with Crippen LogP contribution >= 0.6 is 0 Å². The van der Waals surface area contributed by atoms with Crippen LogP contribution in [-0.4, -0.2) is 29.1 Å². The van der Waals surface area contributed by atoms with Gasteiger partial charge in [0.25, 0.3) is 5.91 Å². The minimum Gasteiger partial charge on any atom is -0.497 e. The number of amides is 1. The highest BCUT2D eigenvalue weighted by atomic mass is 16.5. The highest BCUT2D eigenvalue weighted by Gasteiger charge is 2.17. The van der Waals surface area contributed by atoms with E-state index < -0.39 is 0 Å². The van der Waals surface area contributed by atoms with Gasteiger partial charge in [-0.05, 0) is 43.7 Å². The summed E-state index contributed by atoms with van der Waals surface area (Å²) in [6, 6.07) is 13.5. The molecule has 0 unspecified atom stereocenters. The molecule has 0 aliphatic rings. The van der Waals surface area contributed by atoms with E-state index in [0.29, 0.717) is 17.9 Å². The number of benzene rings is 2. The van der Waals surface area contributed by atoms with Crippen LogP contribution in [0.3, 0.4) is 0 Å². The first-order valence-electron chi connectivity index (χ1n) is 8.92. The average Bonchev–Trinajstić information content (AvgIpc) is 3.26. The second kappa shape index (κ2) is 7.15. The SMILES string of the molecule is COc1ccc2oc(C(=O)NCCCn3cnc4ccccc43)c(C)c2c1. The standard InChI is InChI=1S/C21H21N3O3/c1-14-16-12-15(26-2)8-9-19(16)27-20(14)21(25)22-10-5-11-24-13-23-17-6-3-4-7-18(17)24/h3-4,6-9,12-13H,5,10-11H2,1-2H3,(H,22,25). The van der Waals surface area contributed by atoms with Crippen LogP contribution in [0.1, 0.15) is 22.5 Å². The van der Waals surface area contributed by atoms with Crippen LogP contribution in [0.15, 0.2) is 53.2 Å². The molecule has 0 fully saturated rings. The van der Waals surface area contributed by atoms with Crippen molar-refractivity contribution in [1.29, 1.82) is 0 Å². The number of imidazole rings is 1. The van der Waals surface area contributed by atoms with Crippen LogP contribution in [0.4, 0.5) is 0 Å². The molecule has 0 spiro atoms. The van der Waals surface area contributed by atoms with Gasteiger partial charge in [0.05, 0.1) is 24.5 Å². The Hall–Kier alpha value is -3.28. The summed E-state index contributed by atoms with van der Waals surface area (Å²) in [4.78, 5) is 16.9. The van der Waals surface area contributed by atoms with E-state index in [2.05, 4.69) is 14.9 Å². The number of aryl methyl sites for hydroxylation is 2. The van der Waals surface area contributed by atoms with E-state index in [1.165, 1.54) is 0 Å². The molecule has 0 saturated heterocycles. The van der Waals surface area contributed by atoms with Crippen molar-refractivity contribution in [2.45, 2.75) is 19.9 Å². The molecule has 1 N–H and O–H groups in total. The number of hydrogen-bond acceptors (Lipinski definition) is 4. The molecule has 4 aromatic rings. The van der Waals surface area contributed by atoms with Gasteiger partial charge in [-0.3, -0.25) is 4.79 Å². The Morgan fingerprint density at radius 1 is 1.26 bits per heavy atom. The second-order valence-electron chi connectivity index (χ2n) is 6.45. The van der Waals surface area contributed by atoms with Crippen molar-refractivity contribution in [2.75, 3.05) is 13.7 Å². The first-order chi connectivity index (χ1) is 13.2. The van der Waals surface area contributed by atoms with Gasteiger partial charge in [-0.15, -0.1) is 0 Å². The van der Waals surface area contributed by atoms with Crippen molar-refractivity contribution < 1.29 is 13.9 Å². The van der Waals surface area contributed by atoms with Gasteiger partial charge in [0, 0.05) is 24.0 Å². The van der Waals surface area contributed by atoms with Crippen LogP contribution < -0.4 is 10.1 Å². The number of carbonyl (C=O) groups excluding carboxylic acids is 1. The van der Waals surface area contributed by atoms with Gasteiger partial charge in [-0.1, -0.05) is 12.1 Å². The third-order valence-electron chi connectivity index (χ3n) is 4.74. The number of carbonyl (C=O) groups is 1. The lowest BCUT2D eigenvalue weighted by Gasteiger charge is -2.06. The number of aromatic nitrogens is 2. The van der Waals surface area contributed by atoms with E-state index in [0.717, 1.165) is 40.7 Å². The zero-order valence-electron chi connectivity index (χ0n) is 15.4. The maximum Gasteiger partial charge on any atom is 0.287 e. The van der Waals surface area contributed by atoms with E-state index in [9.17, 15) is 4.79 Å². The fourth-order valence-electron chi connectivity index (χ4n) is 3.26. The van der Waals surface area contributed by atoms with Crippen molar-refractivity contribution in [2.24, 2.45) is 0 Å². The molecule has 4 rings (SSSR count). The zero-order chi connectivity index (χ0) is 18.8. The first-order valence-corrected chi connectivity index (χ1v) is 8.92. The molecule has 0 saturated carbocycles. The Morgan fingerprint density at radius 3 is 2.96 bits per heavy atom. The van der Waals surface area contributed by atoms with E-state index in [1.807, 2.05) is 55.7 Å². The van der Waals surface area contributed by atoms with Gasteiger partial charge < -0.3 is 19.0 Å². The first kappa shape index (κ1) is 17.1. The average molecular weight is 363 g/mol. The summed E-state index contributed by atoms with van der Waals surface area (Å²) in [6.45, 7) is 3.24. The predicted molar refractivity (Wildman–Crippen MR) is 104 cm³/mol. The molecule has 1 amide bonds. The molecule has 2 aromatic heterocycles. The number of para-hydroxylation sites is 2. The quantitative estimate of drug-likeness (QED) is 0.527. The van der Waals surface area contributed by atoms with Gasteiger partial charge in [-0.2, -0.15) is 0 Å². The van der Waals surface area contributed by atoms with Gasteiger partial charge in [0.2, 0.25) is 0 Å². The van der Waals surface area contributed by atoms with Gasteiger partial charge in [0.1, 0.15) is 11.3 Å². The summed E-state index contributed by atoms with van der Waals surface area (Å²) in [6.07, 6.45) is 2.64. The number of rotatable bonds is 6. The minimum atomic E-state index is -0.196. The molecule has 0 atom stereocenters. The molecule has 0 aliphatic carbocycles. The molecule has 2 heterocycles. The van der Waals surface area contributed by atoms with E-state index in [1.54, 1.807) is 7.11 Å². The van der Waals surface area contributed by atoms with Gasteiger partial charge in [-0.25, -0.2) is 4.98 Å². The van der Waals surface area contributed by atoms with Gasteiger partial charge >= 0.3 is 0 Å². The zero-order valence-corrected chi connectivity index (χ0v) is 15.4. The number of methoxy groups -OCH3 is 1. The van der Waals surface area contributed by atoms with Crippen molar-refractivity contribution in [3.63, 3.8) is 0 Å². The Balaban J connectivity index is 1.39. The Kier molecular flexibility index (Phi) is 4.54. The lowest BCUT2D eigenvalue weighted by atomic mass is 10.1. The number of nitrogens with one attached hydrogen (secondary N) is 1. The Labute approximate surface area is 156 Å². The molecular weight excluding hydrogens is 342 g/mol. The Bertz CT molecular complexity index is 1110. The number of fused-ring (bicyclic) bond motifs is 2. The van der Waals surface area contributed by atoms with Crippen molar-refractivity contribution in [3.8, 4) is 5.75 Å². The van der Waals surface area contributed by atoms with Gasteiger partial charge in [0.15, 0.2) is 5.76 Å². The third kappa shape index (κ3) is 3.26. The van der Waals surface area contributed by atoms with Crippen molar-refractivity contribution >= 4 is 27.9 Å². The maximum atomic E-state index is 12.5. The van der Waals surface area contributed by atoms with Crippen LogP contribution in [-0.2, 0) is 6.54 Å². The maximum absolute atomic E-state index is 12.5. The number of hydrogen-bond donors (Lipinski definition) is 1. The van der Waals surface area contributed by atoms with E-state index in [-0.39, 0.29) is 5.91 Å². The summed E-state index contributed by atoms with van der Waals surface area (Å²) in [5.41, 5.74) is 3.59. The van der Waals surface area contributed by atoms with Crippen molar-refractivity contribution in [3.05, 3.63) is 60.1 Å². The van der Waals surface area contributed by atoms with Crippen LogP contribution in [0.5, 0.6) is 5.75 Å². The van der Waals surface area contributed by atoms with Crippen LogP contribution in [0, 0.1) is 6.92 Å². The lowest BCUT2D eigenvalue weighted by molar-refractivity contribution is 0.0926. The highest BCUT2D eigenvalue weighted by Crippen LogP contribution is 2.28. The molecule has 2 aromatic carbocycles. The smallest absolute Gasteiger partial charge is 0.287 e. The molecule has 0 bridgehead atoms. The molecule has 0 aliphatic heterocycles. The molecule has 138 valence electrons. The van der Waals surface area contributed by atoms with E-state index in [4.69, 9.17) is 9.15 Å². The van der Waals surface area contributed by atoms with E-state index >= 15 is 0 Å². The second-order valence-corrected chi connectivity index (χ2v) is 6.45. The number of furan rings is 1. The lowest BCUT2D eigenvalue weighted by Crippen LogP contribution is -2.25.